The minimum absolute atomic E-state index is 0.0253. The lowest BCUT2D eigenvalue weighted by molar-refractivity contribution is -0.138. The summed E-state index contributed by atoms with van der Waals surface area (Å²) in [5.74, 6) is -1.12. The predicted molar refractivity (Wildman–Crippen MR) is 104 cm³/mol. The van der Waals surface area contributed by atoms with E-state index in [0.717, 1.165) is 11.1 Å². The third kappa shape index (κ3) is 3.96. The highest BCUT2D eigenvalue weighted by atomic mass is 19.4. The normalized spacial score (nSPS) is 15.6. The lowest BCUT2D eigenvalue weighted by Gasteiger charge is -2.29. The van der Waals surface area contributed by atoms with Crippen LogP contribution < -0.4 is 15.2 Å². The quantitative estimate of drug-likeness (QED) is 0.641. The molecule has 3 heterocycles. The third-order valence-corrected chi connectivity index (χ3v) is 5.03. The Balaban J connectivity index is 1.71. The van der Waals surface area contributed by atoms with E-state index in [4.69, 9.17) is 9.84 Å². The Labute approximate surface area is 173 Å². The Hall–Kier alpha value is -3.82. The monoisotopic (exact) mass is 431 g/mol. The first-order valence-corrected chi connectivity index (χ1v) is 9.21. The summed E-state index contributed by atoms with van der Waals surface area (Å²) in [6.07, 6.45) is -2.40. The topological polar surface area (TPSA) is 95.5 Å². The zero-order valence-electron chi connectivity index (χ0n) is 15.9. The molecule has 0 aliphatic carbocycles. The molecule has 0 spiro atoms. The van der Waals surface area contributed by atoms with E-state index in [1.165, 1.54) is 35.5 Å². The van der Waals surface area contributed by atoms with E-state index in [-0.39, 0.29) is 30.3 Å². The number of halogens is 3. The molecule has 1 aromatic carbocycles. The van der Waals surface area contributed by atoms with Crippen molar-refractivity contribution in [1.29, 1.82) is 0 Å². The van der Waals surface area contributed by atoms with Crippen LogP contribution in [0, 0.1) is 0 Å². The summed E-state index contributed by atoms with van der Waals surface area (Å²) in [6.45, 7) is 0.0521. The Morgan fingerprint density at radius 3 is 2.77 bits per heavy atom. The highest BCUT2D eigenvalue weighted by Gasteiger charge is 2.41. The number of carboxylic acid groups (broad SMARTS) is 1. The zero-order valence-corrected chi connectivity index (χ0v) is 15.9. The molecule has 10 heteroatoms. The molecule has 0 radical (unpaired) electrons. The van der Waals surface area contributed by atoms with Crippen LogP contribution in [0.1, 0.15) is 33.1 Å². The van der Waals surface area contributed by atoms with Crippen molar-refractivity contribution in [3.8, 4) is 5.88 Å². The number of rotatable bonds is 5. The molecule has 2 N–H and O–H groups in total. The van der Waals surface area contributed by atoms with Gasteiger partial charge in [-0.05, 0) is 23.3 Å². The third-order valence-electron chi connectivity index (χ3n) is 5.03. The second-order valence-corrected chi connectivity index (χ2v) is 6.91. The van der Waals surface area contributed by atoms with Gasteiger partial charge in [0, 0.05) is 25.0 Å². The molecule has 160 valence electrons. The van der Waals surface area contributed by atoms with Gasteiger partial charge in [-0.1, -0.05) is 24.3 Å². The summed E-state index contributed by atoms with van der Waals surface area (Å²) in [7, 11) is 0. The number of pyridine rings is 2. The number of carboxylic acids is 1. The van der Waals surface area contributed by atoms with Gasteiger partial charge in [0.15, 0.2) is 0 Å². The molecule has 0 fully saturated rings. The van der Waals surface area contributed by atoms with Gasteiger partial charge < -0.3 is 19.7 Å². The van der Waals surface area contributed by atoms with Crippen LogP contribution in [0.15, 0.2) is 59.7 Å². The fourth-order valence-electron chi connectivity index (χ4n) is 3.66. The number of ether oxygens (including phenoxy) is 1. The number of H-pyrrole nitrogens is 1. The maximum atomic E-state index is 13.6. The number of hydrogen-bond donors (Lipinski definition) is 2. The number of carbonyl (C=O) groups is 1. The molecule has 31 heavy (non-hydrogen) atoms. The van der Waals surface area contributed by atoms with Crippen LogP contribution in [-0.4, -0.2) is 27.7 Å². The first-order valence-electron chi connectivity index (χ1n) is 9.21. The van der Waals surface area contributed by atoms with Crippen molar-refractivity contribution in [2.45, 2.75) is 18.8 Å². The first-order chi connectivity index (χ1) is 14.8. The molecule has 1 atom stereocenters. The predicted octanol–water partition coefficient (Wildman–Crippen LogP) is 3.63. The summed E-state index contributed by atoms with van der Waals surface area (Å²) in [4.78, 5) is 30.7. The highest BCUT2D eigenvalue weighted by Crippen LogP contribution is 2.42. The van der Waals surface area contributed by atoms with E-state index in [9.17, 15) is 22.8 Å². The van der Waals surface area contributed by atoms with E-state index in [0.29, 0.717) is 0 Å². The molecule has 0 amide bonds. The van der Waals surface area contributed by atoms with Gasteiger partial charge >= 0.3 is 12.1 Å². The first kappa shape index (κ1) is 20.5. The molecule has 1 aliphatic rings. The van der Waals surface area contributed by atoms with Gasteiger partial charge in [-0.15, -0.1) is 0 Å². The Bertz CT molecular complexity index is 1190. The van der Waals surface area contributed by atoms with Crippen LogP contribution in [0.4, 0.5) is 18.9 Å². The maximum Gasteiger partial charge on any atom is 0.423 e. The number of nitrogens with one attached hydrogen (secondary N) is 1. The van der Waals surface area contributed by atoms with Crippen molar-refractivity contribution in [1.82, 2.24) is 9.97 Å². The molecule has 1 aliphatic heterocycles. The van der Waals surface area contributed by atoms with Crippen molar-refractivity contribution in [3.05, 3.63) is 87.5 Å². The van der Waals surface area contributed by atoms with Crippen molar-refractivity contribution in [2.24, 2.45) is 0 Å². The Morgan fingerprint density at radius 1 is 1.26 bits per heavy atom. The Morgan fingerprint density at radius 2 is 2.03 bits per heavy atom. The van der Waals surface area contributed by atoms with Gasteiger partial charge in [-0.25, -0.2) is 9.78 Å². The molecule has 0 bridgehead atoms. The molecule has 0 saturated carbocycles. The van der Waals surface area contributed by atoms with Crippen LogP contribution in [0.5, 0.6) is 5.88 Å². The SMILES string of the molecule is O=C(O)c1ccnc(OCC2c3ccccc3CN2c2cc[nH]c(=O)c2C(F)(F)F)c1. The van der Waals surface area contributed by atoms with Gasteiger partial charge in [0.1, 0.15) is 12.2 Å². The van der Waals surface area contributed by atoms with Gasteiger partial charge in [0.2, 0.25) is 5.88 Å². The number of benzene rings is 1. The molecule has 4 rings (SSSR count). The number of alkyl halides is 3. The van der Waals surface area contributed by atoms with E-state index >= 15 is 0 Å². The average Bonchev–Trinajstić information content (AvgIpc) is 3.10. The number of aromatic nitrogens is 2. The molecule has 2 aromatic heterocycles. The van der Waals surface area contributed by atoms with Gasteiger partial charge in [0.25, 0.3) is 5.56 Å². The second kappa shape index (κ2) is 7.78. The fourth-order valence-corrected chi connectivity index (χ4v) is 3.66. The van der Waals surface area contributed by atoms with Gasteiger partial charge in [0.05, 0.1) is 17.3 Å². The van der Waals surface area contributed by atoms with Crippen LogP contribution in [-0.2, 0) is 12.7 Å². The number of fused-ring (bicyclic) bond motifs is 1. The number of hydrogen-bond acceptors (Lipinski definition) is 5. The van der Waals surface area contributed by atoms with Crippen molar-refractivity contribution in [2.75, 3.05) is 11.5 Å². The average molecular weight is 431 g/mol. The second-order valence-electron chi connectivity index (χ2n) is 6.91. The Kier molecular flexibility index (Phi) is 5.14. The van der Waals surface area contributed by atoms with E-state index in [2.05, 4.69) is 9.97 Å². The van der Waals surface area contributed by atoms with Crippen molar-refractivity contribution < 1.29 is 27.8 Å². The van der Waals surface area contributed by atoms with Crippen molar-refractivity contribution >= 4 is 11.7 Å². The zero-order chi connectivity index (χ0) is 22.2. The minimum atomic E-state index is -4.85. The number of nitrogens with zero attached hydrogens (tertiary/aromatic N) is 2. The maximum absolute atomic E-state index is 13.6. The summed E-state index contributed by atoms with van der Waals surface area (Å²) in [5.41, 5.74) is -1.23. The smallest absolute Gasteiger partial charge is 0.423 e. The summed E-state index contributed by atoms with van der Waals surface area (Å²) < 4.78 is 46.6. The lowest BCUT2D eigenvalue weighted by Crippen LogP contribution is -2.32. The van der Waals surface area contributed by atoms with E-state index < -0.39 is 29.3 Å². The number of aromatic amines is 1. The van der Waals surface area contributed by atoms with Crippen LogP contribution >= 0.6 is 0 Å². The number of aromatic carboxylic acids is 1. The molecule has 1 unspecified atom stereocenters. The standard InChI is InChI=1S/C21H16F3N3O4/c22-21(23,24)18-15(6-8-26-19(18)28)27-10-13-3-1-2-4-14(13)16(27)11-31-17-9-12(20(29)30)5-7-25-17/h1-9,16H,10-11H2,(H,26,28)(H,29,30). The lowest BCUT2D eigenvalue weighted by atomic mass is 10.1. The molecule has 3 aromatic rings. The molecule has 7 nitrogen and oxygen atoms in total. The molecule has 0 saturated heterocycles. The van der Waals surface area contributed by atoms with Crippen LogP contribution in [0.25, 0.3) is 0 Å². The van der Waals surface area contributed by atoms with Gasteiger partial charge in [-0.2, -0.15) is 13.2 Å². The highest BCUT2D eigenvalue weighted by molar-refractivity contribution is 5.87. The molecular formula is C21H16F3N3O4. The summed E-state index contributed by atoms with van der Waals surface area (Å²) in [5, 5.41) is 9.11. The van der Waals surface area contributed by atoms with Crippen LogP contribution in [0.3, 0.4) is 0 Å². The molecular weight excluding hydrogens is 415 g/mol. The van der Waals surface area contributed by atoms with E-state index in [1.807, 2.05) is 0 Å². The fraction of sp³-hybridized carbons (Fsp3) is 0.190. The van der Waals surface area contributed by atoms with Crippen molar-refractivity contribution in [3.63, 3.8) is 0 Å². The largest absolute Gasteiger partial charge is 0.478 e. The number of anilines is 1. The van der Waals surface area contributed by atoms with Crippen LogP contribution in [0.2, 0.25) is 0 Å². The van der Waals surface area contributed by atoms with Gasteiger partial charge in [-0.3, -0.25) is 4.79 Å². The minimum Gasteiger partial charge on any atom is -0.478 e. The summed E-state index contributed by atoms with van der Waals surface area (Å²) in [6, 6.07) is 10.2. The van der Waals surface area contributed by atoms with E-state index in [1.54, 1.807) is 24.3 Å². The summed E-state index contributed by atoms with van der Waals surface area (Å²) >= 11 is 0.